The van der Waals surface area contributed by atoms with Crippen molar-refractivity contribution in [3.63, 3.8) is 0 Å². The number of methoxy groups -OCH3 is 1. The quantitative estimate of drug-likeness (QED) is 0.377. The number of sulfone groups is 1. The predicted octanol–water partition coefficient (Wildman–Crippen LogP) is 4.83. The van der Waals surface area contributed by atoms with Crippen LogP contribution >= 0.6 is 0 Å². The van der Waals surface area contributed by atoms with Gasteiger partial charge in [-0.25, -0.2) is 12.8 Å². The summed E-state index contributed by atoms with van der Waals surface area (Å²) < 4.78 is 85.2. The Kier molecular flexibility index (Phi) is 8.40. The number of anilines is 1. The van der Waals surface area contributed by atoms with Gasteiger partial charge in [0.1, 0.15) is 11.6 Å². The number of carbonyl (C=O) groups excluding carboxylic acids is 1. The summed E-state index contributed by atoms with van der Waals surface area (Å²) in [7, 11) is -1.77. The number of amides is 1. The van der Waals surface area contributed by atoms with Gasteiger partial charge >= 0.3 is 12.1 Å². The zero-order valence-corrected chi connectivity index (χ0v) is 20.9. The van der Waals surface area contributed by atoms with Crippen LogP contribution < -0.4 is 9.64 Å². The summed E-state index contributed by atoms with van der Waals surface area (Å²) in [5, 5.41) is 8.74. The zero-order valence-electron chi connectivity index (χ0n) is 20.1. The van der Waals surface area contributed by atoms with E-state index >= 15 is 0 Å². The number of carboxylic acid groups (broad SMARTS) is 1. The van der Waals surface area contributed by atoms with Crippen LogP contribution in [0.5, 0.6) is 5.75 Å². The Hall–Kier alpha value is -4.00. The highest BCUT2D eigenvalue weighted by Gasteiger charge is 2.34. The molecule has 3 rings (SSSR count). The number of carbonyl (C=O) groups is 2. The van der Waals surface area contributed by atoms with Crippen molar-refractivity contribution < 1.29 is 45.4 Å². The van der Waals surface area contributed by atoms with Gasteiger partial charge in [-0.15, -0.1) is 0 Å². The molecule has 1 heterocycles. The molecule has 0 unspecified atom stereocenters. The lowest BCUT2D eigenvalue weighted by molar-refractivity contribution is -0.138. The zero-order chi connectivity index (χ0) is 28.3. The maximum absolute atomic E-state index is 13.7. The summed E-state index contributed by atoms with van der Waals surface area (Å²) in [4.78, 5) is 28.3. The second-order valence-electron chi connectivity index (χ2n) is 8.16. The van der Waals surface area contributed by atoms with Gasteiger partial charge in [-0.3, -0.25) is 14.6 Å². The van der Waals surface area contributed by atoms with Crippen LogP contribution in [0.4, 0.5) is 23.2 Å². The van der Waals surface area contributed by atoms with Crippen molar-refractivity contribution in [1.29, 1.82) is 0 Å². The normalized spacial score (nSPS) is 11.7. The highest BCUT2D eigenvalue weighted by molar-refractivity contribution is 7.91. The van der Waals surface area contributed by atoms with Crippen LogP contribution in [0.25, 0.3) is 11.1 Å². The standard InChI is InChI=1S/C25H22F4N2O6S/c1-31(21-14-30-8-7-19(21)20-6-5-17(26)13-22(20)37-2)24(34)15-10-16(25(27,28)29)12-18(11-15)38(35,36)9-3-4-23(32)33/h5-8,10-14H,3-4,9H2,1-2H3,(H,32,33). The lowest BCUT2D eigenvalue weighted by Gasteiger charge is -2.22. The van der Waals surface area contributed by atoms with Crippen molar-refractivity contribution in [2.75, 3.05) is 24.8 Å². The van der Waals surface area contributed by atoms with Crippen molar-refractivity contribution in [2.45, 2.75) is 23.9 Å². The third-order valence-electron chi connectivity index (χ3n) is 5.56. The fourth-order valence-electron chi connectivity index (χ4n) is 3.67. The first-order valence-electron chi connectivity index (χ1n) is 11.0. The van der Waals surface area contributed by atoms with Crippen LogP contribution in [0.15, 0.2) is 59.8 Å². The average molecular weight is 555 g/mol. The second-order valence-corrected chi connectivity index (χ2v) is 10.3. The first-order valence-corrected chi connectivity index (χ1v) is 12.6. The van der Waals surface area contributed by atoms with Crippen molar-refractivity contribution in [3.8, 4) is 16.9 Å². The molecule has 13 heteroatoms. The van der Waals surface area contributed by atoms with Crippen LogP contribution in [-0.4, -0.2) is 50.3 Å². The van der Waals surface area contributed by atoms with Crippen molar-refractivity contribution in [1.82, 2.24) is 4.98 Å². The molecule has 0 saturated heterocycles. The molecular weight excluding hydrogens is 532 g/mol. The maximum Gasteiger partial charge on any atom is 0.416 e. The number of rotatable bonds is 9. The topological polar surface area (TPSA) is 114 Å². The minimum atomic E-state index is -4.97. The number of aliphatic carboxylic acids is 1. The highest BCUT2D eigenvalue weighted by Crippen LogP contribution is 2.37. The number of aromatic nitrogens is 1. The number of benzene rings is 2. The van der Waals surface area contributed by atoms with E-state index in [-0.39, 0.29) is 17.9 Å². The van der Waals surface area contributed by atoms with Crippen molar-refractivity contribution in [3.05, 3.63) is 71.8 Å². The van der Waals surface area contributed by atoms with Gasteiger partial charge in [-0.05, 0) is 42.8 Å². The molecular formula is C25H22F4N2O6S. The van der Waals surface area contributed by atoms with Gasteiger partial charge in [-0.1, -0.05) is 0 Å². The summed E-state index contributed by atoms with van der Waals surface area (Å²) in [6, 6.07) is 6.94. The van der Waals surface area contributed by atoms with Gasteiger partial charge in [0.15, 0.2) is 9.84 Å². The molecule has 0 bridgehead atoms. The fourth-order valence-corrected chi connectivity index (χ4v) is 5.04. The van der Waals surface area contributed by atoms with Crippen LogP contribution in [0.2, 0.25) is 0 Å². The summed E-state index contributed by atoms with van der Waals surface area (Å²) in [6.45, 7) is 0. The van der Waals surface area contributed by atoms with Crippen LogP contribution in [0.1, 0.15) is 28.8 Å². The van der Waals surface area contributed by atoms with E-state index in [2.05, 4.69) is 4.98 Å². The number of ether oxygens (including phenoxy) is 1. The smallest absolute Gasteiger partial charge is 0.416 e. The Bertz CT molecular complexity index is 1470. The molecule has 2 aromatic carbocycles. The molecule has 0 aliphatic rings. The number of nitrogens with zero attached hydrogens (tertiary/aromatic N) is 2. The van der Waals surface area contributed by atoms with E-state index in [1.54, 1.807) is 0 Å². The van der Waals surface area contributed by atoms with Crippen LogP contribution in [0.3, 0.4) is 0 Å². The summed E-state index contributed by atoms with van der Waals surface area (Å²) >= 11 is 0. The van der Waals surface area contributed by atoms with Gasteiger partial charge in [-0.2, -0.15) is 13.2 Å². The average Bonchev–Trinajstić information content (AvgIpc) is 2.86. The lowest BCUT2D eigenvalue weighted by Crippen LogP contribution is -2.27. The number of hydrogen-bond acceptors (Lipinski definition) is 6. The Morgan fingerprint density at radius 3 is 2.42 bits per heavy atom. The predicted molar refractivity (Wildman–Crippen MR) is 129 cm³/mol. The first-order chi connectivity index (χ1) is 17.7. The number of alkyl halides is 3. The van der Waals surface area contributed by atoms with E-state index in [1.807, 2.05) is 0 Å². The molecule has 38 heavy (non-hydrogen) atoms. The SMILES string of the molecule is COc1cc(F)ccc1-c1ccncc1N(C)C(=O)c1cc(C(F)(F)F)cc(S(=O)(=O)CCCC(=O)O)c1. The number of hydrogen-bond donors (Lipinski definition) is 1. The van der Waals surface area contributed by atoms with Gasteiger partial charge < -0.3 is 14.7 Å². The summed E-state index contributed by atoms with van der Waals surface area (Å²) in [5.41, 5.74) is -1.08. The Morgan fingerprint density at radius 2 is 1.79 bits per heavy atom. The highest BCUT2D eigenvalue weighted by atomic mass is 32.2. The van der Waals surface area contributed by atoms with E-state index in [9.17, 15) is 35.6 Å². The largest absolute Gasteiger partial charge is 0.496 e. The monoisotopic (exact) mass is 554 g/mol. The molecule has 1 aromatic heterocycles. The van der Waals surface area contributed by atoms with E-state index < -0.39 is 61.9 Å². The van der Waals surface area contributed by atoms with Crippen LogP contribution in [-0.2, 0) is 20.8 Å². The first kappa shape index (κ1) is 28.6. The fraction of sp³-hybridized carbons (Fsp3) is 0.240. The molecule has 0 fully saturated rings. The Labute approximate surface area is 215 Å². The summed E-state index contributed by atoms with van der Waals surface area (Å²) in [5.74, 6) is -3.40. The molecule has 3 aromatic rings. The molecule has 0 radical (unpaired) electrons. The van der Waals surface area contributed by atoms with Crippen molar-refractivity contribution >= 4 is 27.4 Å². The molecule has 0 aliphatic carbocycles. The van der Waals surface area contributed by atoms with Gasteiger partial charge in [0.05, 0.1) is 35.2 Å². The number of pyridine rings is 1. The van der Waals surface area contributed by atoms with E-state index in [0.29, 0.717) is 23.3 Å². The number of carboxylic acids is 1. The van der Waals surface area contributed by atoms with E-state index in [0.717, 1.165) is 23.1 Å². The molecule has 0 spiro atoms. The van der Waals surface area contributed by atoms with Gasteiger partial charge in [0.25, 0.3) is 5.91 Å². The van der Waals surface area contributed by atoms with Crippen LogP contribution in [0, 0.1) is 5.82 Å². The Balaban J connectivity index is 2.08. The molecule has 0 aliphatic heterocycles. The molecule has 1 N–H and O–H groups in total. The third-order valence-corrected chi connectivity index (χ3v) is 7.34. The summed E-state index contributed by atoms with van der Waals surface area (Å²) in [6.07, 6.45) is -3.13. The minimum Gasteiger partial charge on any atom is -0.496 e. The van der Waals surface area contributed by atoms with Gasteiger partial charge in [0.2, 0.25) is 0 Å². The minimum absolute atomic E-state index is 0.130. The third kappa shape index (κ3) is 6.46. The molecule has 0 saturated carbocycles. The van der Waals surface area contributed by atoms with Crippen molar-refractivity contribution in [2.24, 2.45) is 0 Å². The van der Waals surface area contributed by atoms with Gasteiger partial charge in [0, 0.05) is 42.4 Å². The molecule has 0 atom stereocenters. The lowest BCUT2D eigenvalue weighted by atomic mass is 10.0. The molecule has 8 nitrogen and oxygen atoms in total. The second kappa shape index (κ2) is 11.2. The van der Waals surface area contributed by atoms with E-state index in [1.165, 1.54) is 38.7 Å². The molecule has 202 valence electrons. The molecule has 1 amide bonds. The maximum atomic E-state index is 13.7. The van der Waals surface area contributed by atoms with E-state index in [4.69, 9.17) is 9.84 Å². The Morgan fingerprint density at radius 1 is 1.08 bits per heavy atom. The number of halogens is 4.